The highest BCUT2D eigenvalue weighted by molar-refractivity contribution is 5.73. The second kappa shape index (κ2) is 31.8. The van der Waals surface area contributed by atoms with Gasteiger partial charge in [-0.05, 0) is 46.9 Å². The molecule has 85 heavy (non-hydrogen) atoms. The lowest BCUT2D eigenvalue weighted by atomic mass is 9.94. The summed E-state index contributed by atoms with van der Waals surface area (Å²) in [7, 11) is 1.56. The third kappa shape index (κ3) is 18.7. The molecule has 21 nitrogen and oxygen atoms in total. The summed E-state index contributed by atoms with van der Waals surface area (Å²) in [6, 6.07) is 44.1. The molecule has 5 aromatic carbocycles. The fourth-order valence-electron chi connectivity index (χ4n) is 10.2. The summed E-state index contributed by atoms with van der Waals surface area (Å²) in [4.78, 5) is 65.3. The third-order valence-electron chi connectivity index (χ3n) is 14.1. The van der Waals surface area contributed by atoms with Crippen LogP contribution in [0.2, 0.25) is 0 Å². The van der Waals surface area contributed by atoms with E-state index in [1.54, 1.807) is 19.2 Å². The van der Waals surface area contributed by atoms with E-state index in [4.69, 9.17) is 71.1 Å². The molecule has 0 aliphatic carbocycles. The van der Waals surface area contributed by atoms with Crippen molar-refractivity contribution in [3.05, 3.63) is 173 Å². The first-order chi connectivity index (χ1) is 41.1. The highest BCUT2D eigenvalue weighted by atomic mass is 16.8. The first kappa shape index (κ1) is 63.9. The van der Waals surface area contributed by atoms with Crippen LogP contribution in [-0.2, 0) is 123 Å². The van der Waals surface area contributed by atoms with Gasteiger partial charge in [-0.25, -0.2) is 0 Å². The Morgan fingerprint density at radius 2 is 0.847 bits per heavy atom. The lowest BCUT2D eigenvalue weighted by molar-refractivity contribution is -0.380. The van der Waals surface area contributed by atoms with Crippen LogP contribution in [0.3, 0.4) is 0 Å². The van der Waals surface area contributed by atoms with Gasteiger partial charge in [-0.2, -0.15) is 0 Å². The minimum absolute atomic E-state index is 0.0458. The highest BCUT2D eigenvalue weighted by Gasteiger charge is 2.58. The van der Waals surface area contributed by atoms with Gasteiger partial charge < -0.3 is 76.4 Å². The summed E-state index contributed by atoms with van der Waals surface area (Å²) < 4.78 is 97.1. The van der Waals surface area contributed by atoms with E-state index in [1.807, 2.05) is 140 Å². The van der Waals surface area contributed by atoms with E-state index in [0.29, 0.717) is 5.75 Å². The Labute approximate surface area is 494 Å². The van der Waals surface area contributed by atoms with Crippen LogP contribution in [0, 0.1) is 0 Å². The maximum absolute atomic E-state index is 13.8. The fourth-order valence-corrected chi connectivity index (χ4v) is 10.2. The molecular weight excluding hydrogens is 1100 g/mol. The molecule has 3 aliphatic rings. The Balaban J connectivity index is 1.27. The average Bonchev–Trinajstić information content (AvgIpc) is 1.59. The molecule has 0 unspecified atom stereocenters. The van der Waals surface area contributed by atoms with Crippen LogP contribution in [0.15, 0.2) is 146 Å². The Hall–Kier alpha value is -7.15. The van der Waals surface area contributed by atoms with Crippen LogP contribution in [0.25, 0.3) is 0 Å². The summed E-state index contributed by atoms with van der Waals surface area (Å²) in [5, 5.41) is 3.02. The van der Waals surface area contributed by atoms with Crippen LogP contribution in [0.1, 0.15) is 69.4 Å². The molecule has 0 aromatic heterocycles. The quantitative estimate of drug-likeness (QED) is 0.0411. The predicted molar refractivity (Wildman–Crippen MR) is 301 cm³/mol. The van der Waals surface area contributed by atoms with Crippen molar-refractivity contribution in [3.8, 4) is 5.75 Å². The molecule has 0 bridgehead atoms. The van der Waals surface area contributed by atoms with Crippen molar-refractivity contribution in [2.45, 2.75) is 167 Å². The van der Waals surface area contributed by atoms with Gasteiger partial charge >= 0.3 is 23.9 Å². The van der Waals surface area contributed by atoms with Crippen LogP contribution >= 0.6 is 0 Å². The van der Waals surface area contributed by atoms with Crippen LogP contribution in [-0.4, -0.2) is 142 Å². The predicted octanol–water partition coefficient (Wildman–Crippen LogP) is 7.01. The van der Waals surface area contributed by atoms with Crippen molar-refractivity contribution in [2.75, 3.05) is 20.3 Å². The first-order valence-electron chi connectivity index (χ1n) is 28.1. The van der Waals surface area contributed by atoms with E-state index >= 15 is 0 Å². The SMILES string of the molecule is COc1ccc(CO[C@@H]2O[C@H](COCc3ccccc3)[C@@H](O[C@@H]3O[C@H](COC(C)=O)[C@H](OC(C)=O)[C@H](OC(C)=O)[C@H]3OC(C)=O)[C@H](O[C@@H]3O[C@@H](C)[C@@H](OCc4ccccc4)[C@@H](OCc4ccccc4)[C@@H]3OCc3ccccc3)[C@H]2NC(C)=O)cc1. The van der Waals surface area contributed by atoms with Crippen LogP contribution in [0.5, 0.6) is 5.75 Å². The molecule has 5 aromatic rings. The molecule has 1 amide bonds. The summed E-state index contributed by atoms with van der Waals surface area (Å²) in [5.41, 5.74) is 4.13. The van der Waals surface area contributed by atoms with E-state index in [-0.39, 0.29) is 39.6 Å². The number of hydrogen-bond acceptors (Lipinski definition) is 20. The van der Waals surface area contributed by atoms with Crippen molar-refractivity contribution in [1.82, 2.24) is 5.32 Å². The molecule has 456 valence electrons. The first-order valence-corrected chi connectivity index (χ1v) is 28.1. The van der Waals surface area contributed by atoms with Crippen molar-refractivity contribution >= 4 is 29.8 Å². The molecule has 0 spiro atoms. The molecule has 1 N–H and O–H groups in total. The lowest BCUT2D eigenvalue weighted by Crippen LogP contribution is -2.70. The second-order valence-electron chi connectivity index (χ2n) is 20.7. The van der Waals surface area contributed by atoms with Gasteiger partial charge in [0.1, 0.15) is 61.1 Å². The van der Waals surface area contributed by atoms with Gasteiger partial charge in [0.2, 0.25) is 5.91 Å². The van der Waals surface area contributed by atoms with Gasteiger partial charge in [-0.1, -0.05) is 133 Å². The van der Waals surface area contributed by atoms with Crippen molar-refractivity contribution in [3.63, 3.8) is 0 Å². The number of amides is 1. The van der Waals surface area contributed by atoms with E-state index in [1.165, 1.54) is 13.8 Å². The van der Waals surface area contributed by atoms with Gasteiger partial charge in [-0.3, -0.25) is 24.0 Å². The maximum atomic E-state index is 13.8. The zero-order chi connectivity index (χ0) is 60.2. The van der Waals surface area contributed by atoms with Gasteiger partial charge in [-0.15, -0.1) is 0 Å². The summed E-state index contributed by atoms with van der Waals surface area (Å²) in [6.07, 6.45) is -18.4. The summed E-state index contributed by atoms with van der Waals surface area (Å²) >= 11 is 0. The molecule has 3 fully saturated rings. The van der Waals surface area contributed by atoms with E-state index in [2.05, 4.69) is 5.32 Å². The van der Waals surface area contributed by atoms with Crippen molar-refractivity contribution < 1.29 is 95.0 Å². The number of benzene rings is 5. The lowest BCUT2D eigenvalue weighted by Gasteiger charge is -2.51. The zero-order valence-electron chi connectivity index (χ0n) is 48.6. The number of hydrogen-bond donors (Lipinski definition) is 1. The summed E-state index contributed by atoms with van der Waals surface area (Å²) in [5.74, 6) is -3.19. The number of carbonyl (C=O) groups is 5. The molecule has 15 atom stereocenters. The number of esters is 4. The smallest absolute Gasteiger partial charge is 0.303 e. The molecular formula is C64H75NO20. The molecule has 3 saturated heterocycles. The van der Waals surface area contributed by atoms with Crippen molar-refractivity contribution in [2.24, 2.45) is 0 Å². The topological polar surface area (TPSA) is 236 Å². The average molecular weight is 1180 g/mol. The van der Waals surface area contributed by atoms with Crippen LogP contribution < -0.4 is 10.1 Å². The Kier molecular flexibility index (Phi) is 23.9. The van der Waals surface area contributed by atoms with E-state index in [0.717, 1.165) is 48.6 Å². The monoisotopic (exact) mass is 1180 g/mol. The maximum Gasteiger partial charge on any atom is 0.303 e. The molecule has 21 heteroatoms. The number of methoxy groups -OCH3 is 1. The highest BCUT2D eigenvalue weighted by Crippen LogP contribution is 2.38. The second-order valence-corrected chi connectivity index (χ2v) is 20.7. The third-order valence-corrected chi connectivity index (χ3v) is 14.1. The van der Waals surface area contributed by atoms with E-state index < -0.39 is 128 Å². The summed E-state index contributed by atoms with van der Waals surface area (Å²) in [6.45, 7) is 7.28. The van der Waals surface area contributed by atoms with Crippen molar-refractivity contribution in [1.29, 1.82) is 0 Å². The molecule has 0 radical (unpaired) electrons. The normalized spacial score (nSPS) is 27.4. The number of rotatable bonds is 27. The molecule has 3 aliphatic heterocycles. The molecule has 8 rings (SSSR count). The standard InChI is InChI=1S/C64H75NO20/c1-39-54(74-33-46-22-14-9-15-23-46)58(75-34-47-24-16-10-17-25-47)60(76-35-48-26-18-11-19-27-48)63(78-39)85-57-53(65-40(2)66)62(77-36-49-28-30-50(71-7)31-29-49)82-51(37-72-32-45-20-12-8-13-21-45)55(57)84-64-61(81-44(6)70)59(80-43(5)69)56(79-42(4)68)52(83-64)38-73-41(3)67/h8-31,39,51-64H,32-38H2,1-7H3,(H,65,66)/t39-,51+,52+,53+,54+,55+,56-,57+,58+,59-,60-,61+,62+,63-,64-/m0/s1. The van der Waals surface area contributed by atoms with Gasteiger partial charge in [0, 0.05) is 34.6 Å². The van der Waals surface area contributed by atoms with Gasteiger partial charge in [0.05, 0.1) is 52.9 Å². The number of carbonyl (C=O) groups excluding carboxylic acids is 5. The van der Waals surface area contributed by atoms with E-state index in [9.17, 15) is 24.0 Å². The largest absolute Gasteiger partial charge is 0.497 e. The number of ether oxygens (including phenoxy) is 15. The minimum atomic E-state index is -1.78. The van der Waals surface area contributed by atoms with Gasteiger partial charge in [0.25, 0.3) is 0 Å². The Morgan fingerprint density at radius 1 is 0.412 bits per heavy atom. The number of nitrogens with one attached hydrogen (secondary N) is 1. The minimum Gasteiger partial charge on any atom is -0.497 e. The Bertz CT molecular complexity index is 2870. The Morgan fingerprint density at radius 3 is 1.36 bits per heavy atom. The fraction of sp³-hybridized carbons (Fsp3) is 0.453. The molecule has 0 saturated carbocycles. The zero-order valence-corrected chi connectivity index (χ0v) is 48.6. The van der Waals surface area contributed by atoms with Crippen LogP contribution in [0.4, 0.5) is 0 Å². The molecule has 3 heterocycles. The van der Waals surface area contributed by atoms with Gasteiger partial charge in [0.15, 0.2) is 37.2 Å².